The molecule has 1 saturated carbocycles. The molecule has 0 spiro atoms. The molecule has 100 valence electrons. The first-order valence-corrected chi connectivity index (χ1v) is 7.35. The molecule has 0 aromatic heterocycles. The van der Waals surface area contributed by atoms with E-state index in [1.807, 2.05) is 0 Å². The Morgan fingerprint density at radius 2 is 1.72 bits per heavy atom. The van der Waals surface area contributed by atoms with Gasteiger partial charge in [0.15, 0.2) is 0 Å². The van der Waals surface area contributed by atoms with Crippen molar-refractivity contribution in [3.63, 3.8) is 0 Å². The van der Waals surface area contributed by atoms with Crippen LogP contribution in [0.1, 0.15) is 36.8 Å². The number of hydrogen-bond donors (Lipinski definition) is 0. The van der Waals surface area contributed by atoms with Crippen LogP contribution in [0.4, 0.5) is 0 Å². The van der Waals surface area contributed by atoms with E-state index in [0.29, 0.717) is 12.2 Å². The van der Waals surface area contributed by atoms with Crippen molar-refractivity contribution < 1.29 is 9.47 Å². The van der Waals surface area contributed by atoms with Crippen LogP contribution in [-0.2, 0) is 4.74 Å². The highest BCUT2D eigenvalue weighted by atomic mass is 79.9. The molecule has 0 bridgehead atoms. The lowest BCUT2D eigenvalue weighted by Crippen LogP contribution is -2.29. The van der Waals surface area contributed by atoms with Gasteiger partial charge >= 0.3 is 0 Å². The second-order valence-corrected chi connectivity index (χ2v) is 5.93. The predicted octanol–water partition coefficient (Wildman–Crippen LogP) is 4.40. The SMILES string of the molecule is COC1CCCC(Oc2cc(C)c(Br)c(C)c2)C1. The van der Waals surface area contributed by atoms with Crippen molar-refractivity contribution in [2.45, 2.75) is 51.7 Å². The van der Waals surface area contributed by atoms with Crippen LogP contribution in [0.2, 0.25) is 0 Å². The van der Waals surface area contributed by atoms with Crippen molar-refractivity contribution in [1.82, 2.24) is 0 Å². The van der Waals surface area contributed by atoms with Gasteiger partial charge < -0.3 is 9.47 Å². The van der Waals surface area contributed by atoms with Crippen molar-refractivity contribution >= 4 is 15.9 Å². The first kappa shape index (κ1) is 13.9. The zero-order valence-corrected chi connectivity index (χ0v) is 12.9. The van der Waals surface area contributed by atoms with Gasteiger partial charge in [0.2, 0.25) is 0 Å². The number of rotatable bonds is 3. The summed E-state index contributed by atoms with van der Waals surface area (Å²) in [5.74, 6) is 0.981. The van der Waals surface area contributed by atoms with E-state index in [-0.39, 0.29) is 0 Å². The van der Waals surface area contributed by atoms with Gasteiger partial charge in [0.05, 0.1) is 6.10 Å². The summed E-state index contributed by atoms with van der Waals surface area (Å²) in [6, 6.07) is 4.21. The zero-order valence-electron chi connectivity index (χ0n) is 11.3. The molecule has 0 radical (unpaired) electrons. The van der Waals surface area contributed by atoms with Gasteiger partial charge in [-0.15, -0.1) is 0 Å². The molecule has 0 amide bonds. The Morgan fingerprint density at radius 1 is 1.11 bits per heavy atom. The van der Waals surface area contributed by atoms with Gasteiger partial charge in [-0.3, -0.25) is 0 Å². The van der Waals surface area contributed by atoms with Crippen molar-refractivity contribution in [2.24, 2.45) is 0 Å². The molecule has 2 rings (SSSR count). The van der Waals surface area contributed by atoms with Gasteiger partial charge in [-0.1, -0.05) is 15.9 Å². The maximum Gasteiger partial charge on any atom is 0.120 e. The third-order valence-corrected chi connectivity index (χ3v) is 4.87. The third-order valence-electron chi connectivity index (χ3n) is 3.62. The number of halogens is 1. The first-order valence-electron chi connectivity index (χ1n) is 6.56. The molecular weight excluding hydrogens is 292 g/mol. The summed E-state index contributed by atoms with van der Waals surface area (Å²) in [6.45, 7) is 4.20. The molecule has 1 aromatic carbocycles. The van der Waals surface area contributed by atoms with Crippen LogP contribution in [0.15, 0.2) is 16.6 Å². The van der Waals surface area contributed by atoms with Gasteiger partial charge in [-0.05, 0) is 56.4 Å². The van der Waals surface area contributed by atoms with Crippen molar-refractivity contribution in [1.29, 1.82) is 0 Å². The predicted molar refractivity (Wildman–Crippen MR) is 77.3 cm³/mol. The topological polar surface area (TPSA) is 18.5 Å². The van der Waals surface area contributed by atoms with Gasteiger partial charge in [0.1, 0.15) is 11.9 Å². The van der Waals surface area contributed by atoms with E-state index < -0.39 is 0 Å². The van der Waals surface area contributed by atoms with Crippen molar-refractivity contribution in [3.05, 3.63) is 27.7 Å². The normalized spacial score (nSPS) is 24.0. The van der Waals surface area contributed by atoms with Crippen LogP contribution in [0.25, 0.3) is 0 Å². The summed E-state index contributed by atoms with van der Waals surface area (Å²) in [5, 5.41) is 0. The van der Waals surface area contributed by atoms with E-state index in [0.717, 1.165) is 25.0 Å². The molecule has 1 aromatic rings. The lowest BCUT2D eigenvalue weighted by molar-refractivity contribution is 0.0209. The number of benzene rings is 1. The Kier molecular flexibility index (Phi) is 4.68. The molecule has 0 N–H and O–H groups in total. The Balaban J connectivity index is 2.05. The second kappa shape index (κ2) is 6.07. The minimum Gasteiger partial charge on any atom is -0.490 e. The summed E-state index contributed by atoms with van der Waals surface area (Å²) in [7, 11) is 1.79. The molecule has 1 aliphatic rings. The molecule has 2 unspecified atom stereocenters. The van der Waals surface area contributed by atoms with E-state index in [2.05, 4.69) is 41.9 Å². The largest absolute Gasteiger partial charge is 0.490 e. The van der Waals surface area contributed by atoms with Crippen LogP contribution in [-0.4, -0.2) is 19.3 Å². The summed E-state index contributed by atoms with van der Waals surface area (Å²) in [4.78, 5) is 0. The van der Waals surface area contributed by atoms with Crippen LogP contribution in [0, 0.1) is 13.8 Å². The monoisotopic (exact) mass is 312 g/mol. The minimum absolute atomic E-state index is 0.295. The van der Waals surface area contributed by atoms with E-state index in [9.17, 15) is 0 Å². The highest BCUT2D eigenvalue weighted by Gasteiger charge is 2.23. The zero-order chi connectivity index (χ0) is 13.1. The molecule has 18 heavy (non-hydrogen) atoms. The van der Waals surface area contributed by atoms with E-state index >= 15 is 0 Å². The molecule has 0 heterocycles. The highest BCUT2D eigenvalue weighted by Crippen LogP contribution is 2.30. The Bertz CT molecular complexity index is 394. The Labute approximate surface area is 118 Å². The summed E-state index contributed by atoms with van der Waals surface area (Å²) >= 11 is 3.58. The van der Waals surface area contributed by atoms with Crippen LogP contribution in [0.5, 0.6) is 5.75 Å². The van der Waals surface area contributed by atoms with Crippen molar-refractivity contribution in [2.75, 3.05) is 7.11 Å². The lowest BCUT2D eigenvalue weighted by atomic mass is 9.95. The molecule has 2 nitrogen and oxygen atoms in total. The Morgan fingerprint density at radius 3 is 2.33 bits per heavy atom. The maximum atomic E-state index is 6.10. The first-order chi connectivity index (χ1) is 8.60. The third kappa shape index (κ3) is 3.27. The summed E-state index contributed by atoms with van der Waals surface area (Å²) in [5.41, 5.74) is 2.45. The smallest absolute Gasteiger partial charge is 0.120 e. The fourth-order valence-corrected chi connectivity index (χ4v) is 2.82. The average molecular weight is 313 g/mol. The Hall–Kier alpha value is -0.540. The number of ether oxygens (including phenoxy) is 2. The van der Waals surface area contributed by atoms with Crippen LogP contribution >= 0.6 is 15.9 Å². The number of aryl methyl sites for hydroxylation is 2. The molecular formula is C15H21BrO2. The fraction of sp³-hybridized carbons (Fsp3) is 0.600. The quantitative estimate of drug-likeness (QED) is 0.823. The lowest BCUT2D eigenvalue weighted by Gasteiger charge is -2.29. The van der Waals surface area contributed by atoms with Gasteiger partial charge in [0.25, 0.3) is 0 Å². The molecule has 0 saturated heterocycles. The molecule has 2 atom stereocenters. The highest BCUT2D eigenvalue weighted by molar-refractivity contribution is 9.10. The average Bonchev–Trinajstić information content (AvgIpc) is 2.36. The standard InChI is InChI=1S/C15H21BrO2/c1-10-7-14(8-11(2)15(10)16)18-13-6-4-5-12(9-13)17-3/h7-8,12-13H,4-6,9H2,1-3H3. The molecule has 0 aliphatic heterocycles. The van der Waals surface area contributed by atoms with E-state index in [1.54, 1.807) is 7.11 Å². The number of hydrogen-bond acceptors (Lipinski definition) is 2. The van der Waals surface area contributed by atoms with E-state index in [4.69, 9.17) is 9.47 Å². The minimum atomic E-state index is 0.295. The van der Waals surface area contributed by atoms with Crippen LogP contribution in [0.3, 0.4) is 0 Å². The number of methoxy groups -OCH3 is 1. The van der Waals surface area contributed by atoms with Gasteiger partial charge in [-0.25, -0.2) is 0 Å². The van der Waals surface area contributed by atoms with Crippen molar-refractivity contribution in [3.8, 4) is 5.75 Å². The fourth-order valence-electron chi connectivity index (χ4n) is 2.59. The van der Waals surface area contributed by atoms with Gasteiger partial charge in [-0.2, -0.15) is 0 Å². The van der Waals surface area contributed by atoms with Crippen LogP contribution < -0.4 is 4.74 Å². The molecule has 1 fully saturated rings. The maximum absolute atomic E-state index is 6.10. The summed E-state index contributed by atoms with van der Waals surface area (Å²) < 4.78 is 12.7. The molecule has 1 aliphatic carbocycles. The van der Waals surface area contributed by atoms with E-state index in [1.165, 1.54) is 22.0 Å². The summed E-state index contributed by atoms with van der Waals surface area (Å²) in [6.07, 6.45) is 5.15. The molecule has 3 heteroatoms. The second-order valence-electron chi connectivity index (χ2n) is 5.14. The van der Waals surface area contributed by atoms with Gasteiger partial charge in [0, 0.05) is 18.0 Å².